The van der Waals surface area contributed by atoms with Crippen LogP contribution >= 0.6 is 0 Å². The molecule has 3 aromatic carbocycles. The molecule has 174 valence electrons. The fraction of sp³-hybridized carbons (Fsp3) is 0.154. The van der Waals surface area contributed by atoms with Gasteiger partial charge in [-0.3, -0.25) is 0 Å². The summed E-state index contributed by atoms with van der Waals surface area (Å²) in [5, 5.41) is 3.29. The normalized spacial score (nSPS) is 13.8. The van der Waals surface area contributed by atoms with Crippen molar-refractivity contribution in [2.24, 2.45) is 0 Å². The Morgan fingerprint density at radius 2 is 1.54 bits per heavy atom. The SMILES string of the molecule is Fc1ccc(-c2nc(Nc3ccc(-c4nc5ccccc5[nH]4)cc3)nc(N3CCOCC3)n2)cc1. The number of fused-ring (bicyclic) bond motifs is 1. The Hall–Kier alpha value is -4.37. The van der Waals surface area contributed by atoms with Crippen LogP contribution in [-0.2, 0) is 4.74 Å². The van der Waals surface area contributed by atoms with Crippen molar-refractivity contribution in [3.63, 3.8) is 0 Å². The Bertz CT molecular complexity index is 1430. The molecule has 0 bridgehead atoms. The lowest BCUT2D eigenvalue weighted by Gasteiger charge is -2.27. The van der Waals surface area contributed by atoms with Crippen molar-refractivity contribution >= 4 is 28.6 Å². The second kappa shape index (κ2) is 9.11. The molecule has 1 aliphatic rings. The predicted octanol–water partition coefficient (Wildman–Crippen LogP) is 4.80. The average molecular weight is 468 g/mol. The van der Waals surface area contributed by atoms with E-state index >= 15 is 0 Å². The summed E-state index contributed by atoms with van der Waals surface area (Å²) < 4.78 is 18.9. The summed E-state index contributed by atoms with van der Waals surface area (Å²) in [5.74, 6) is 1.95. The molecule has 3 heterocycles. The van der Waals surface area contributed by atoms with Crippen LogP contribution in [0.2, 0.25) is 0 Å². The zero-order chi connectivity index (χ0) is 23.6. The minimum atomic E-state index is -0.306. The maximum atomic E-state index is 13.5. The number of nitrogens with one attached hydrogen (secondary N) is 2. The summed E-state index contributed by atoms with van der Waals surface area (Å²) in [5.41, 5.74) is 4.45. The van der Waals surface area contributed by atoms with E-state index in [1.807, 2.05) is 48.5 Å². The van der Waals surface area contributed by atoms with E-state index in [9.17, 15) is 4.39 Å². The highest BCUT2D eigenvalue weighted by atomic mass is 19.1. The van der Waals surface area contributed by atoms with Crippen LogP contribution in [0.25, 0.3) is 33.8 Å². The van der Waals surface area contributed by atoms with Gasteiger partial charge < -0.3 is 19.9 Å². The van der Waals surface area contributed by atoms with Crippen LogP contribution in [0.4, 0.5) is 22.0 Å². The van der Waals surface area contributed by atoms with Gasteiger partial charge in [0, 0.05) is 29.9 Å². The minimum absolute atomic E-state index is 0.306. The number of hydrogen-bond donors (Lipinski definition) is 2. The number of halogens is 1. The van der Waals surface area contributed by atoms with Gasteiger partial charge >= 0.3 is 0 Å². The van der Waals surface area contributed by atoms with E-state index in [1.54, 1.807) is 12.1 Å². The molecular formula is C26H22FN7O. The second-order valence-electron chi connectivity index (χ2n) is 8.19. The maximum Gasteiger partial charge on any atom is 0.232 e. The molecule has 1 fully saturated rings. The molecule has 2 N–H and O–H groups in total. The zero-order valence-corrected chi connectivity index (χ0v) is 18.8. The van der Waals surface area contributed by atoms with Gasteiger partial charge in [-0.15, -0.1) is 0 Å². The summed E-state index contributed by atoms with van der Waals surface area (Å²) in [4.78, 5) is 24.0. The number of imidazole rings is 1. The van der Waals surface area contributed by atoms with Crippen molar-refractivity contribution in [2.75, 3.05) is 36.5 Å². The van der Waals surface area contributed by atoms with Crippen LogP contribution in [0.5, 0.6) is 0 Å². The van der Waals surface area contributed by atoms with E-state index < -0.39 is 0 Å². The van der Waals surface area contributed by atoms with Crippen LogP contribution in [0.1, 0.15) is 0 Å². The summed E-state index contributed by atoms with van der Waals surface area (Å²) in [6.45, 7) is 2.62. The van der Waals surface area contributed by atoms with E-state index in [-0.39, 0.29) is 5.82 Å². The number of aromatic amines is 1. The molecule has 5 aromatic rings. The number of hydrogen-bond acceptors (Lipinski definition) is 7. The molecule has 2 aromatic heterocycles. The van der Waals surface area contributed by atoms with Gasteiger partial charge in [-0.25, -0.2) is 9.37 Å². The van der Waals surface area contributed by atoms with Crippen molar-refractivity contribution < 1.29 is 9.13 Å². The molecule has 0 saturated carbocycles. The Labute approximate surface area is 200 Å². The number of rotatable bonds is 5. The molecule has 0 aliphatic carbocycles. The van der Waals surface area contributed by atoms with Crippen molar-refractivity contribution in [3.8, 4) is 22.8 Å². The van der Waals surface area contributed by atoms with Crippen molar-refractivity contribution in [2.45, 2.75) is 0 Å². The molecule has 0 atom stereocenters. The Balaban J connectivity index is 1.30. The molecule has 35 heavy (non-hydrogen) atoms. The van der Waals surface area contributed by atoms with Crippen molar-refractivity contribution in [1.29, 1.82) is 0 Å². The van der Waals surface area contributed by atoms with Gasteiger partial charge in [0.1, 0.15) is 11.6 Å². The number of nitrogens with zero attached hydrogens (tertiary/aromatic N) is 5. The second-order valence-corrected chi connectivity index (χ2v) is 8.19. The van der Waals surface area contributed by atoms with Crippen LogP contribution < -0.4 is 10.2 Å². The molecule has 6 rings (SSSR count). The van der Waals surface area contributed by atoms with Gasteiger partial charge in [0.25, 0.3) is 0 Å². The van der Waals surface area contributed by atoms with Gasteiger partial charge in [-0.2, -0.15) is 15.0 Å². The summed E-state index contributed by atoms with van der Waals surface area (Å²) in [6, 6.07) is 22.0. The molecule has 1 aliphatic heterocycles. The van der Waals surface area contributed by atoms with E-state index in [4.69, 9.17) is 4.74 Å². The number of ether oxygens (including phenoxy) is 1. The Morgan fingerprint density at radius 1 is 0.800 bits per heavy atom. The first kappa shape index (κ1) is 21.2. The molecule has 8 nitrogen and oxygen atoms in total. The summed E-state index contributed by atoms with van der Waals surface area (Å²) >= 11 is 0. The third-order valence-electron chi connectivity index (χ3n) is 5.82. The summed E-state index contributed by atoms with van der Waals surface area (Å²) in [7, 11) is 0. The number of anilines is 3. The van der Waals surface area contributed by atoms with E-state index in [2.05, 4.69) is 35.1 Å². The lowest BCUT2D eigenvalue weighted by Crippen LogP contribution is -2.37. The van der Waals surface area contributed by atoms with Gasteiger partial charge in [-0.05, 0) is 60.7 Å². The van der Waals surface area contributed by atoms with Crippen LogP contribution in [0.15, 0.2) is 72.8 Å². The standard InChI is InChI=1S/C26H22FN7O/c27-19-9-5-17(6-10-19)24-31-25(33-26(32-24)34-13-15-35-16-14-34)28-20-11-7-18(8-12-20)23-29-21-3-1-2-4-22(21)30-23/h1-12H,13-16H2,(H,29,30)(H,28,31,32,33). The van der Waals surface area contributed by atoms with Crippen molar-refractivity contribution in [1.82, 2.24) is 24.9 Å². The largest absolute Gasteiger partial charge is 0.378 e. The third kappa shape index (κ3) is 4.53. The van der Waals surface area contributed by atoms with Gasteiger partial charge in [0.2, 0.25) is 11.9 Å². The lowest BCUT2D eigenvalue weighted by molar-refractivity contribution is 0.122. The predicted molar refractivity (Wildman–Crippen MR) is 133 cm³/mol. The van der Waals surface area contributed by atoms with Crippen LogP contribution in [0.3, 0.4) is 0 Å². The first-order valence-electron chi connectivity index (χ1n) is 11.4. The first-order valence-corrected chi connectivity index (χ1v) is 11.4. The van der Waals surface area contributed by atoms with E-state index in [1.165, 1.54) is 12.1 Å². The lowest BCUT2D eigenvalue weighted by atomic mass is 10.2. The van der Waals surface area contributed by atoms with Gasteiger partial charge in [-0.1, -0.05) is 12.1 Å². The first-order chi connectivity index (χ1) is 17.2. The zero-order valence-electron chi connectivity index (χ0n) is 18.8. The fourth-order valence-electron chi connectivity index (χ4n) is 3.98. The quantitative estimate of drug-likeness (QED) is 0.384. The molecule has 0 spiro atoms. The number of morpholine rings is 1. The molecule has 0 radical (unpaired) electrons. The number of para-hydroxylation sites is 2. The third-order valence-corrected chi connectivity index (χ3v) is 5.82. The topological polar surface area (TPSA) is 91.9 Å². The number of benzene rings is 3. The van der Waals surface area contributed by atoms with Gasteiger partial charge in [0.05, 0.1) is 24.2 Å². The van der Waals surface area contributed by atoms with Crippen LogP contribution in [-0.4, -0.2) is 51.2 Å². The Morgan fingerprint density at radius 3 is 2.31 bits per heavy atom. The smallest absolute Gasteiger partial charge is 0.232 e. The van der Waals surface area contributed by atoms with Crippen LogP contribution in [0, 0.1) is 5.82 Å². The average Bonchev–Trinajstić information content (AvgIpc) is 3.34. The van der Waals surface area contributed by atoms with Crippen molar-refractivity contribution in [3.05, 3.63) is 78.6 Å². The molecule has 0 amide bonds. The number of H-pyrrole nitrogens is 1. The molecule has 9 heteroatoms. The highest BCUT2D eigenvalue weighted by Gasteiger charge is 2.17. The minimum Gasteiger partial charge on any atom is -0.378 e. The monoisotopic (exact) mass is 467 g/mol. The summed E-state index contributed by atoms with van der Waals surface area (Å²) in [6.07, 6.45) is 0. The van der Waals surface area contributed by atoms with Gasteiger partial charge in [0.15, 0.2) is 5.82 Å². The number of aromatic nitrogens is 5. The van der Waals surface area contributed by atoms with E-state index in [0.29, 0.717) is 49.6 Å². The molecular weight excluding hydrogens is 445 g/mol. The van der Waals surface area contributed by atoms with E-state index in [0.717, 1.165) is 28.1 Å². The molecule has 1 saturated heterocycles. The maximum absolute atomic E-state index is 13.5. The fourth-order valence-corrected chi connectivity index (χ4v) is 3.98. The Kier molecular flexibility index (Phi) is 5.51. The highest BCUT2D eigenvalue weighted by Crippen LogP contribution is 2.25. The highest BCUT2D eigenvalue weighted by molar-refractivity contribution is 5.79. The molecule has 0 unspecified atom stereocenters.